The van der Waals surface area contributed by atoms with Gasteiger partial charge in [-0.3, -0.25) is 14.4 Å². The van der Waals surface area contributed by atoms with Crippen LogP contribution in [0.4, 0.5) is 5.69 Å². The standard InChI is InChI=1S/C19H26N2O4S/c1-13(2)19(18(24)25)8-9-21(12-19)17(23)11-26-10-16(22)20-15-6-4-14(3)5-7-15/h4-7,13H,8-12H2,1-3H3,(H,20,22)(H,24,25). The normalized spacial score (nSPS) is 19.6. The average Bonchev–Trinajstić information content (AvgIpc) is 3.04. The van der Waals surface area contributed by atoms with Gasteiger partial charge in [0.1, 0.15) is 0 Å². The molecule has 2 N–H and O–H groups in total. The third kappa shape index (κ3) is 4.78. The summed E-state index contributed by atoms with van der Waals surface area (Å²) in [5.41, 5.74) is 0.992. The highest BCUT2D eigenvalue weighted by Gasteiger charge is 2.48. The van der Waals surface area contributed by atoms with Crippen LogP contribution in [0.25, 0.3) is 0 Å². The van der Waals surface area contributed by atoms with Crippen molar-refractivity contribution in [3.8, 4) is 0 Å². The molecule has 0 aromatic heterocycles. The number of thioether (sulfide) groups is 1. The molecule has 1 atom stereocenters. The van der Waals surface area contributed by atoms with Gasteiger partial charge < -0.3 is 15.3 Å². The second-order valence-corrected chi connectivity index (χ2v) is 8.07. The van der Waals surface area contributed by atoms with E-state index in [1.54, 1.807) is 4.90 Å². The van der Waals surface area contributed by atoms with Gasteiger partial charge in [-0.2, -0.15) is 0 Å². The number of carboxylic acids is 1. The van der Waals surface area contributed by atoms with E-state index in [-0.39, 0.29) is 35.8 Å². The summed E-state index contributed by atoms with van der Waals surface area (Å²) in [4.78, 5) is 37.5. The molecule has 1 fully saturated rings. The van der Waals surface area contributed by atoms with Gasteiger partial charge in [-0.05, 0) is 31.4 Å². The van der Waals surface area contributed by atoms with Gasteiger partial charge in [0.05, 0.1) is 16.9 Å². The highest BCUT2D eigenvalue weighted by Crippen LogP contribution is 2.38. The van der Waals surface area contributed by atoms with Crippen LogP contribution in [0.3, 0.4) is 0 Å². The predicted molar refractivity (Wildman–Crippen MR) is 103 cm³/mol. The van der Waals surface area contributed by atoms with Crippen molar-refractivity contribution < 1.29 is 19.5 Å². The van der Waals surface area contributed by atoms with Gasteiger partial charge in [0, 0.05) is 18.8 Å². The zero-order valence-corrected chi connectivity index (χ0v) is 16.3. The van der Waals surface area contributed by atoms with Crippen molar-refractivity contribution in [2.75, 3.05) is 29.9 Å². The summed E-state index contributed by atoms with van der Waals surface area (Å²) >= 11 is 1.24. The van der Waals surface area contributed by atoms with Crippen molar-refractivity contribution in [3.05, 3.63) is 29.8 Å². The summed E-state index contributed by atoms with van der Waals surface area (Å²) in [7, 11) is 0. The maximum absolute atomic E-state index is 12.3. The molecule has 1 aromatic rings. The second kappa shape index (κ2) is 8.58. The molecule has 1 heterocycles. The minimum atomic E-state index is -0.858. The first-order valence-corrected chi connectivity index (χ1v) is 9.85. The van der Waals surface area contributed by atoms with Gasteiger partial charge in [0.25, 0.3) is 0 Å². The first kappa shape index (κ1) is 20.3. The highest BCUT2D eigenvalue weighted by atomic mass is 32.2. The Morgan fingerprint density at radius 3 is 2.42 bits per heavy atom. The summed E-state index contributed by atoms with van der Waals surface area (Å²) in [6, 6.07) is 7.52. The monoisotopic (exact) mass is 378 g/mol. The number of hydrogen-bond acceptors (Lipinski definition) is 4. The van der Waals surface area contributed by atoms with Crippen LogP contribution in [0.2, 0.25) is 0 Å². The molecule has 1 aliphatic heterocycles. The van der Waals surface area contributed by atoms with Crippen LogP contribution < -0.4 is 5.32 Å². The Morgan fingerprint density at radius 1 is 1.23 bits per heavy atom. The number of carbonyl (C=O) groups excluding carboxylic acids is 2. The number of aryl methyl sites for hydroxylation is 1. The van der Waals surface area contributed by atoms with Gasteiger partial charge in [-0.15, -0.1) is 11.8 Å². The van der Waals surface area contributed by atoms with Crippen molar-refractivity contribution in [1.29, 1.82) is 0 Å². The molecule has 1 aromatic carbocycles. The van der Waals surface area contributed by atoms with Gasteiger partial charge in [-0.1, -0.05) is 31.5 Å². The number of nitrogens with one attached hydrogen (secondary N) is 1. The minimum absolute atomic E-state index is 0.0364. The van der Waals surface area contributed by atoms with Crippen LogP contribution in [0.15, 0.2) is 24.3 Å². The zero-order chi connectivity index (χ0) is 19.3. The van der Waals surface area contributed by atoms with Crippen molar-refractivity contribution in [1.82, 2.24) is 4.90 Å². The van der Waals surface area contributed by atoms with Gasteiger partial charge in [-0.25, -0.2) is 0 Å². The lowest BCUT2D eigenvalue weighted by Crippen LogP contribution is -2.41. The van der Waals surface area contributed by atoms with Crippen LogP contribution in [-0.2, 0) is 14.4 Å². The molecule has 0 radical (unpaired) electrons. The van der Waals surface area contributed by atoms with E-state index in [0.717, 1.165) is 11.3 Å². The number of likely N-dealkylation sites (tertiary alicyclic amines) is 1. The number of amides is 2. The fourth-order valence-corrected chi connectivity index (χ4v) is 3.81. The molecular weight excluding hydrogens is 352 g/mol. The fraction of sp³-hybridized carbons (Fsp3) is 0.526. The van der Waals surface area contributed by atoms with Crippen LogP contribution in [-0.4, -0.2) is 52.4 Å². The smallest absolute Gasteiger partial charge is 0.311 e. The van der Waals surface area contributed by atoms with Crippen LogP contribution in [0.1, 0.15) is 25.8 Å². The lowest BCUT2D eigenvalue weighted by molar-refractivity contribution is -0.151. The number of carboxylic acid groups (broad SMARTS) is 1. The Bertz CT molecular complexity index is 675. The van der Waals surface area contributed by atoms with Crippen molar-refractivity contribution in [2.24, 2.45) is 11.3 Å². The summed E-state index contributed by atoms with van der Waals surface area (Å²) in [5, 5.41) is 12.3. The molecule has 7 heteroatoms. The quantitative estimate of drug-likeness (QED) is 0.762. The second-order valence-electron chi connectivity index (χ2n) is 7.09. The maximum atomic E-state index is 12.3. The molecule has 2 rings (SSSR count). The number of anilines is 1. The third-order valence-corrected chi connectivity index (χ3v) is 5.90. The summed E-state index contributed by atoms with van der Waals surface area (Å²) in [6.45, 7) is 6.44. The predicted octanol–water partition coefficient (Wildman–Crippen LogP) is 2.63. The SMILES string of the molecule is Cc1ccc(NC(=O)CSCC(=O)N2CCC(C(=O)O)(C(C)C)C2)cc1. The van der Waals surface area contributed by atoms with E-state index < -0.39 is 11.4 Å². The fourth-order valence-electron chi connectivity index (χ4n) is 3.10. The van der Waals surface area contributed by atoms with Gasteiger partial charge in [0.2, 0.25) is 11.8 Å². The summed E-state index contributed by atoms with van der Waals surface area (Å²) in [5.74, 6) is -0.785. The Kier molecular flexibility index (Phi) is 6.69. The molecule has 6 nitrogen and oxygen atoms in total. The number of hydrogen-bond donors (Lipinski definition) is 2. The molecule has 0 bridgehead atoms. The van der Waals surface area contributed by atoms with Crippen LogP contribution >= 0.6 is 11.8 Å². The first-order chi connectivity index (χ1) is 12.2. The van der Waals surface area contributed by atoms with E-state index in [1.807, 2.05) is 45.0 Å². The summed E-state index contributed by atoms with van der Waals surface area (Å²) in [6.07, 6.45) is 0.477. The molecule has 142 valence electrons. The Hall–Kier alpha value is -2.02. The lowest BCUT2D eigenvalue weighted by Gasteiger charge is -2.28. The largest absolute Gasteiger partial charge is 0.481 e. The van der Waals surface area contributed by atoms with E-state index >= 15 is 0 Å². The zero-order valence-electron chi connectivity index (χ0n) is 15.4. The Balaban J connectivity index is 1.77. The molecular formula is C19H26N2O4S. The number of nitrogens with zero attached hydrogens (tertiary/aromatic N) is 1. The van der Waals surface area contributed by atoms with E-state index in [1.165, 1.54) is 11.8 Å². The third-order valence-electron chi connectivity index (χ3n) is 4.98. The van der Waals surface area contributed by atoms with Gasteiger partial charge in [0.15, 0.2) is 0 Å². The van der Waals surface area contributed by atoms with Gasteiger partial charge >= 0.3 is 5.97 Å². The molecule has 0 aliphatic carbocycles. The van der Waals surface area contributed by atoms with Crippen molar-refractivity contribution >= 4 is 35.2 Å². The minimum Gasteiger partial charge on any atom is -0.481 e. The van der Waals surface area contributed by atoms with E-state index in [4.69, 9.17) is 0 Å². The molecule has 1 aliphatic rings. The van der Waals surface area contributed by atoms with E-state index in [9.17, 15) is 19.5 Å². The summed E-state index contributed by atoms with van der Waals surface area (Å²) < 4.78 is 0. The Morgan fingerprint density at radius 2 is 1.88 bits per heavy atom. The highest BCUT2D eigenvalue weighted by molar-refractivity contribution is 8.00. The molecule has 0 spiro atoms. The van der Waals surface area contributed by atoms with E-state index in [0.29, 0.717) is 13.0 Å². The van der Waals surface area contributed by atoms with Crippen LogP contribution in [0, 0.1) is 18.3 Å². The molecule has 0 saturated carbocycles. The first-order valence-electron chi connectivity index (χ1n) is 8.70. The molecule has 2 amide bonds. The molecule has 1 saturated heterocycles. The number of benzene rings is 1. The number of carbonyl (C=O) groups is 3. The Labute approximate surface area is 158 Å². The number of rotatable bonds is 7. The van der Waals surface area contributed by atoms with Crippen LogP contribution in [0.5, 0.6) is 0 Å². The van der Waals surface area contributed by atoms with Crippen molar-refractivity contribution in [2.45, 2.75) is 27.2 Å². The average molecular weight is 378 g/mol. The number of aliphatic carboxylic acids is 1. The molecule has 1 unspecified atom stereocenters. The topological polar surface area (TPSA) is 86.7 Å². The van der Waals surface area contributed by atoms with Crippen molar-refractivity contribution in [3.63, 3.8) is 0 Å². The van der Waals surface area contributed by atoms with E-state index in [2.05, 4.69) is 5.32 Å². The maximum Gasteiger partial charge on any atom is 0.311 e. The lowest BCUT2D eigenvalue weighted by atomic mass is 9.76. The molecule has 26 heavy (non-hydrogen) atoms.